The number of benzene rings is 1. The first-order valence-corrected chi connectivity index (χ1v) is 5.65. The highest BCUT2D eigenvalue weighted by molar-refractivity contribution is 5.89. The van der Waals surface area contributed by atoms with Gasteiger partial charge in [0.25, 0.3) is 5.91 Å². The molecule has 0 spiro atoms. The monoisotopic (exact) mass is 286 g/mol. The maximum Gasteiger partial charge on any atom is 0.256 e. The van der Waals surface area contributed by atoms with Crippen molar-refractivity contribution in [3.8, 4) is 0 Å². The molecule has 2 atom stereocenters. The van der Waals surface area contributed by atoms with Crippen molar-refractivity contribution in [1.29, 1.82) is 0 Å². The second kappa shape index (κ2) is 8.47. The van der Waals surface area contributed by atoms with Crippen LogP contribution in [0.4, 0.5) is 0 Å². The molecule has 0 saturated heterocycles. The Morgan fingerprint density at radius 2 is 1.79 bits per heavy atom. The Morgan fingerprint density at radius 1 is 1.21 bits per heavy atom. The highest BCUT2D eigenvalue weighted by Crippen LogP contribution is 2.03. The van der Waals surface area contributed by atoms with Gasteiger partial charge in [0, 0.05) is 6.42 Å². The summed E-state index contributed by atoms with van der Waals surface area (Å²) in [6.07, 6.45) is 0.363. The molecule has 0 aliphatic rings. The van der Waals surface area contributed by atoms with Gasteiger partial charge < -0.3 is 11.1 Å². The minimum absolute atomic E-state index is 0. The number of nitrogens with one attached hydrogen (secondary N) is 2. The molecule has 7 heteroatoms. The van der Waals surface area contributed by atoms with Crippen LogP contribution in [0, 0.1) is 0 Å². The fourth-order valence-corrected chi connectivity index (χ4v) is 1.46. The van der Waals surface area contributed by atoms with E-state index in [4.69, 9.17) is 11.6 Å². The van der Waals surface area contributed by atoms with Crippen molar-refractivity contribution >= 4 is 24.2 Å². The van der Waals surface area contributed by atoms with Crippen molar-refractivity contribution in [2.45, 2.75) is 25.4 Å². The van der Waals surface area contributed by atoms with Crippen molar-refractivity contribution < 1.29 is 9.59 Å². The minimum Gasteiger partial charge on any atom is -0.343 e. The van der Waals surface area contributed by atoms with Crippen LogP contribution in [0.2, 0.25) is 0 Å². The minimum atomic E-state index is -0.726. The molecule has 6 nitrogen and oxygen atoms in total. The SMILES string of the molecule is CC(N)C(=O)NC(Cc1ccccc1)C(=O)NN.Cl. The highest BCUT2D eigenvalue weighted by Gasteiger charge is 2.21. The largest absolute Gasteiger partial charge is 0.343 e. The maximum atomic E-state index is 11.6. The second-order valence-corrected chi connectivity index (χ2v) is 4.05. The molecule has 0 aliphatic carbocycles. The Bertz CT molecular complexity index is 411. The van der Waals surface area contributed by atoms with Crippen molar-refractivity contribution in [2.24, 2.45) is 11.6 Å². The number of rotatable bonds is 5. The summed E-state index contributed by atoms with van der Waals surface area (Å²) in [4.78, 5) is 23.1. The first-order chi connectivity index (χ1) is 8.54. The fraction of sp³-hybridized carbons (Fsp3) is 0.333. The molecule has 2 unspecified atom stereocenters. The molecule has 106 valence electrons. The lowest BCUT2D eigenvalue weighted by atomic mass is 10.1. The molecule has 1 aromatic carbocycles. The van der Waals surface area contributed by atoms with Crippen LogP contribution in [0.15, 0.2) is 30.3 Å². The van der Waals surface area contributed by atoms with Gasteiger partial charge >= 0.3 is 0 Å². The van der Waals surface area contributed by atoms with E-state index >= 15 is 0 Å². The molecule has 1 rings (SSSR count). The van der Waals surface area contributed by atoms with Gasteiger partial charge in [-0.05, 0) is 12.5 Å². The van der Waals surface area contributed by atoms with Crippen molar-refractivity contribution in [2.75, 3.05) is 0 Å². The summed E-state index contributed by atoms with van der Waals surface area (Å²) in [5, 5.41) is 2.56. The summed E-state index contributed by atoms with van der Waals surface area (Å²) in [6, 6.07) is 7.94. The lowest BCUT2D eigenvalue weighted by molar-refractivity contribution is -0.129. The molecule has 0 aromatic heterocycles. The number of halogens is 1. The topological polar surface area (TPSA) is 110 Å². The summed E-state index contributed by atoms with van der Waals surface area (Å²) in [7, 11) is 0. The number of nitrogens with two attached hydrogens (primary N) is 2. The maximum absolute atomic E-state index is 11.6. The molecule has 1 aromatic rings. The Morgan fingerprint density at radius 3 is 2.26 bits per heavy atom. The van der Waals surface area contributed by atoms with Crippen LogP contribution in [0.1, 0.15) is 12.5 Å². The van der Waals surface area contributed by atoms with Crippen LogP contribution in [-0.4, -0.2) is 23.9 Å². The molecule has 0 heterocycles. The molecule has 6 N–H and O–H groups in total. The van der Waals surface area contributed by atoms with E-state index < -0.39 is 18.0 Å². The van der Waals surface area contributed by atoms with Crippen LogP contribution in [-0.2, 0) is 16.0 Å². The molecule has 0 saturated carbocycles. The lowest BCUT2D eigenvalue weighted by Gasteiger charge is -2.18. The molecule has 0 aliphatic heterocycles. The zero-order chi connectivity index (χ0) is 13.5. The summed E-state index contributed by atoms with van der Waals surface area (Å²) in [5.74, 6) is 4.26. The van der Waals surface area contributed by atoms with Gasteiger partial charge in [0.2, 0.25) is 5.91 Å². The molecule has 0 fully saturated rings. The molecule has 0 radical (unpaired) electrons. The van der Waals surface area contributed by atoms with E-state index in [9.17, 15) is 9.59 Å². The number of hydrogen-bond acceptors (Lipinski definition) is 4. The zero-order valence-electron chi connectivity index (χ0n) is 10.6. The predicted octanol–water partition coefficient (Wildman–Crippen LogP) is -0.527. The van der Waals surface area contributed by atoms with Crippen LogP contribution < -0.4 is 22.3 Å². The number of carbonyl (C=O) groups excluding carboxylic acids is 2. The summed E-state index contributed by atoms with van der Waals surface area (Å²) in [6.45, 7) is 1.55. The van der Waals surface area contributed by atoms with E-state index in [1.54, 1.807) is 6.92 Å². The van der Waals surface area contributed by atoms with E-state index in [2.05, 4.69) is 5.32 Å². The van der Waals surface area contributed by atoms with Gasteiger partial charge in [0.15, 0.2) is 0 Å². The number of hydrazine groups is 1. The number of carbonyl (C=O) groups is 2. The third-order valence-corrected chi connectivity index (χ3v) is 2.47. The van der Waals surface area contributed by atoms with E-state index in [-0.39, 0.29) is 18.3 Å². The Hall–Kier alpha value is -1.63. The quantitative estimate of drug-likeness (QED) is 0.331. The van der Waals surface area contributed by atoms with Gasteiger partial charge in [-0.2, -0.15) is 0 Å². The van der Waals surface area contributed by atoms with E-state index in [1.165, 1.54) is 0 Å². The van der Waals surface area contributed by atoms with Gasteiger partial charge in [-0.1, -0.05) is 30.3 Å². The van der Waals surface area contributed by atoms with Gasteiger partial charge in [-0.25, -0.2) is 5.84 Å². The van der Waals surface area contributed by atoms with Gasteiger partial charge in [0.05, 0.1) is 6.04 Å². The standard InChI is InChI=1S/C12H18N4O2.ClH/c1-8(13)11(17)15-10(12(18)16-14)7-9-5-3-2-4-6-9;/h2-6,8,10H,7,13-14H2,1H3,(H,15,17)(H,16,18);1H. The third-order valence-electron chi connectivity index (χ3n) is 2.47. The Balaban J connectivity index is 0.00000324. The fourth-order valence-electron chi connectivity index (χ4n) is 1.46. The highest BCUT2D eigenvalue weighted by atomic mass is 35.5. The molecular weight excluding hydrogens is 268 g/mol. The second-order valence-electron chi connectivity index (χ2n) is 4.05. The summed E-state index contributed by atoms with van der Waals surface area (Å²) in [5.41, 5.74) is 8.41. The zero-order valence-corrected chi connectivity index (χ0v) is 11.4. The van der Waals surface area contributed by atoms with E-state index in [0.29, 0.717) is 6.42 Å². The smallest absolute Gasteiger partial charge is 0.256 e. The van der Waals surface area contributed by atoms with Crippen molar-refractivity contribution in [1.82, 2.24) is 10.7 Å². The lowest BCUT2D eigenvalue weighted by Crippen LogP contribution is -2.53. The Labute approximate surface area is 118 Å². The van der Waals surface area contributed by atoms with E-state index in [0.717, 1.165) is 5.56 Å². The third kappa shape index (κ3) is 5.69. The number of hydrogen-bond donors (Lipinski definition) is 4. The summed E-state index contributed by atoms with van der Waals surface area (Å²) < 4.78 is 0. The van der Waals surface area contributed by atoms with Crippen LogP contribution in [0.3, 0.4) is 0 Å². The average molecular weight is 287 g/mol. The average Bonchev–Trinajstić information content (AvgIpc) is 2.38. The van der Waals surface area contributed by atoms with E-state index in [1.807, 2.05) is 35.8 Å². The Kier molecular flexibility index (Phi) is 7.74. The summed E-state index contributed by atoms with van der Waals surface area (Å²) >= 11 is 0. The molecule has 19 heavy (non-hydrogen) atoms. The van der Waals surface area contributed by atoms with Gasteiger partial charge in [-0.15, -0.1) is 12.4 Å². The first kappa shape index (κ1) is 17.4. The molecular formula is C12H19ClN4O2. The number of amides is 2. The van der Waals surface area contributed by atoms with Gasteiger partial charge in [-0.3, -0.25) is 15.0 Å². The molecule has 0 bridgehead atoms. The van der Waals surface area contributed by atoms with Crippen LogP contribution in [0.5, 0.6) is 0 Å². The van der Waals surface area contributed by atoms with Crippen LogP contribution in [0.25, 0.3) is 0 Å². The predicted molar refractivity (Wildman–Crippen MR) is 75.3 cm³/mol. The van der Waals surface area contributed by atoms with Gasteiger partial charge in [0.1, 0.15) is 6.04 Å². The van der Waals surface area contributed by atoms with Crippen molar-refractivity contribution in [3.63, 3.8) is 0 Å². The first-order valence-electron chi connectivity index (χ1n) is 5.65. The van der Waals surface area contributed by atoms with Crippen LogP contribution >= 0.6 is 12.4 Å². The molecule has 2 amide bonds. The van der Waals surface area contributed by atoms with Crippen molar-refractivity contribution in [3.05, 3.63) is 35.9 Å². The normalized spacial score (nSPS) is 12.8.